The first-order valence-corrected chi connectivity index (χ1v) is 8.68. The first kappa shape index (κ1) is 16.7. The van der Waals surface area contributed by atoms with Gasteiger partial charge in [0, 0.05) is 28.4 Å². The first-order chi connectivity index (χ1) is 11.6. The molecule has 1 aromatic carbocycles. The van der Waals surface area contributed by atoms with Gasteiger partial charge in [-0.25, -0.2) is 0 Å². The molecule has 0 aliphatic heterocycles. The minimum absolute atomic E-state index is 0.174. The van der Waals surface area contributed by atoms with E-state index in [2.05, 4.69) is 37.0 Å². The van der Waals surface area contributed by atoms with Crippen molar-refractivity contribution in [1.29, 1.82) is 0 Å². The summed E-state index contributed by atoms with van der Waals surface area (Å²) in [5.41, 5.74) is 4.46. The topological polar surface area (TPSA) is 59.2 Å². The van der Waals surface area contributed by atoms with Crippen molar-refractivity contribution in [2.24, 2.45) is 0 Å². The lowest BCUT2D eigenvalue weighted by atomic mass is 9.65. The summed E-state index contributed by atoms with van der Waals surface area (Å²) in [6.45, 7) is 4.22. The maximum atomic E-state index is 12.1. The molecule has 0 bridgehead atoms. The fourth-order valence-corrected chi connectivity index (χ4v) is 4.30. The number of aryl methyl sites for hydroxylation is 1. The highest BCUT2D eigenvalue weighted by molar-refractivity contribution is 5.89. The van der Waals surface area contributed by atoms with E-state index in [0.717, 1.165) is 36.8 Å². The average molecular weight is 327 g/mol. The van der Waals surface area contributed by atoms with Gasteiger partial charge in [-0.2, -0.15) is 0 Å². The van der Waals surface area contributed by atoms with Crippen molar-refractivity contribution in [2.75, 3.05) is 7.11 Å². The van der Waals surface area contributed by atoms with Crippen LogP contribution in [0.2, 0.25) is 0 Å². The Labute approximate surface area is 142 Å². The number of aromatic nitrogens is 1. The van der Waals surface area contributed by atoms with E-state index in [1.54, 1.807) is 0 Å². The number of carbonyl (C=O) groups excluding carboxylic acids is 2. The SMILES string of the molecule is CCC1(CC(=O)OC)CCC(CC=O)c2c1[nH]c1c(C)cccc21. The first-order valence-electron chi connectivity index (χ1n) is 8.68. The molecule has 0 fully saturated rings. The summed E-state index contributed by atoms with van der Waals surface area (Å²) in [6.07, 6.45) is 4.63. The van der Waals surface area contributed by atoms with Crippen LogP contribution in [0.3, 0.4) is 0 Å². The second kappa shape index (κ2) is 6.42. The molecule has 0 amide bonds. The molecular formula is C20H25NO3. The number of hydrogen-bond donors (Lipinski definition) is 1. The van der Waals surface area contributed by atoms with E-state index >= 15 is 0 Å². The van der Waals surface area contributed by atoms with E-state index in [1.807, 2.05) is 0 Å². The quantitative estimate of drug-likeness (QED) is 0.663. The van der Waals surface area contributed by atoms with Crippen molar-refractivity contribution in [2.45, 2.75) is 57.3 Å². The van der Waals surface area contributed by atoms with Gasteiger partial charge < -0.3 is 14.5 Å². The van der Waals surface area contributed by atoms with Crippen LogP contribution in [0, 0.1) is 6.92 Å². The van der Waals surface area contributed by atoms with E-state index in [1.165, 1.54) is 23.6 Å². The van der Waals surface area contributed by atoms with E-state index in [0.29, 0.717) is 12.8 Å². The Morgan fingerprint density at radius 3 is 2.92 bits per heavy atom. The molecule has 1 aromatic heterocycles. The Balaban J connectivity index is 2.23. The van der Waals surface area contributed by atoms with Crippen LogP contribution < -0.4 is 0 Å². The summed E-state index contributed by atoms with van der Waals surface area (Å²) in [5, 5.41) is 1.19. The van der Waals surface area contributed by atoms with Crippen molar-refractivity contribution in [1.82, 2.24) is 4.98 Å². The monoisotopic (exact) mass is 327 g/mol. The number of nitrogens with one attached hydrogen (secondary N) is 1. The lowest BCUT2D eigenvalue weighted by molar-refractivity contribution is -0.142. The molecule has 1 heterocycles. The number of esters is 1. The minimum atomic E-state index is -0.229. The Hall–Kier alpha value is -2.10. The van der Waals surface area contributed by atoms with Gasteiger partial charge in [-0.15, -0.1) is 0 Å². The van der Waals surface area contributed by atoms with Crippen molar-refractivity contribution >= 4 is 23.2 Å². The molecule has 2 atom stereocenters. The van der Waals surface area contributed by atoms with Gasteiger partial charge in [0.15, 0.2) is 0 Å². The molecule has 1 aliphatic carbocycles. The second-order valence-electron chi connectivity index (χ2n) is 6.94. The van der Waals surface area contributed by atoms with Crippen LogP contribution in [0.25, 0.3) is 10.9 Å². The molecule has 3 rings (SSSR count). The maximum absolute atomic E-state index is 12.1. The second-order valence-corrected chi connectivity index (χ2v) is 6.94. The van der Waals surface area contributed by atoms with Crippen molar-refractivity contribution in [3.8, 4) is 0 Å². The number of hydrogen-bond acceptors (Lipinski definition) is 3. The summed E-state index contributed by atoms with van der Waals surface area (Å²) in [7, 11) is 1.44. The zero-order valence-corrected chi connectivity index (χ0v) is 14.6. The Bertz CT molecular complexity index is 777. The van der Waals surface area contributed by atoms with Crippen molar-refractivity contribution in [3.63, 3.8) is 0 Å². The Kier molecular flexibility index (Phi) is 4.48. The third-order valence-electron chi connectivity index (χ3n) is 5.76. The number of benzene rings is 1. The highest BCUT2D eigenvalue weighted by atomic mass is 16.5. The third-order valence-corrected chi connectivity index (χ3v) is 5.76. The number of para-hydroxylation sites is 1. The number of H-pyrrole nitrogens is 1. The normalized spacial score (nSPS) is 23.0. The summed E-state index contributed by atoms with van der Waals surface area (Å²) < 4.78 is 4.96. The highest BCUT2D eigenvalue weighted by Gasteiger charge is 2.42. The van der Waals surface area contributed by atoms with Gasteiger partial charge in [-0.05, 0) is 43.2 Å². The van der Waals surface area contributed by atoms with Crippen LogP contribution in [0.1, 0.15) is 61.8 Å². The highest BCUT2D eigenvalue weighted by Crippen LogP contribution is 2.50. The molecular weight excluding hydrogens is 302 g/mol. The van der Waals surface area contributed by atoms with E-state index < -0.39 is 0 Å². The summed E-state index contributed by atoms with van der Waals surface area (Å²) in [4.78, 5) is 26.8. The molecule has 0 radical (unpaired) electrons. The fraction of sp³-hybridized carbons (Fsp3) is 0.500. The molecule has 0 spiro atoms. The number of aromatic amines is 1. The van der Waals surface area contributed by atoms with Gasteiger partial charge >= 0.3 is 5.97 Å². The largest absolute Gasteiger partial charge is 0.469 e. The van der Waals surface area contributed by atoms with Gasteiger partial charge in [0.2, 0.25) is 0 Å². The molecule has 1 N–H and O–H groups in total. The molecule has 1 aliphatic rings. The van der Waals surface area contributed by atoms with Gasteiger partial charge in [-0.3, -0.25) is 4.79 Å². The predicted octanol–water partition coefficient (Wildman–Crippen LogP) is 4.15. The van der Waals surface area contributed by atoms with Crippen LogP contribution in [-0.4, -0.2) is 24.3 Å². The maximum Gasteiger partial charge on any atom is 0.306 e. The van der Waals surface area contributed by atoms with Crippen LogP contribution in [-0.2, 0) is 19.7 Å². The van der Waals surface area contributed by atoms with Crippen LogP contribution >= 0.6 is 0 Å². The van der Waals surface area contributed by atoms with E-state index in [9.17, 15) is 9.59 Å². The number of methoxy groups -OCH3 is 1. The van der Waals surface area contributed by atoms with Crippen molar-refractivity contribution < 1.29 is 14.3 Å². The zero-order valence-electron chi connectivity index (χ0n) is 14.6. The predicted molar refractivity (Wildman–Crippen MR) is 94.3 cm³/mol. The number of rotatable bonds is 5. The standard InChI is InChI=1S/C20H25NO3/c1-4-20(12-16(23)24-3)10-8-14(9-11-22)17-15-7-5-6-13(2)18(15)21-19(17)20/h5-7,11,14,21H,4,8-10,12H2,1-3H3. The fourth-order valence-electron chi connectivity index (χ4n) is 4.30. The average Bonchev–Trinajstić information content (AvgIpc) is 2.99. The molecule has 4 heteroatoms. The lowest BCUT2D eigenvalue weighted by Crippen LogP contribution is -2.34. The van der Waals surface area contributed by atoms with Gasteiger partial charge in [-0.1, -0.05) is 25.1 Å². The van der Waals surface area contributed by atoms with E-state index in [-0.39, 0.29) is 17.3 Å². The molecule has 0 saturated carbocycles. The number of ether oxygens (including phenoxy) is 1. The molecule has 4 nitrogen and oxygen atoms in total. The molecule has 24 heavy (non-hydrogen) atoms. The van der Waals surface area contributed by atoms with Gasteiger partial charge in [0.05, 0.1) is 13.5 Å². The van der Waals surface area contributed by atoms with Crippen molar-refractivity contribution in [3.05, 3.63) is 35.0 Å². The van der Waals surface area contributed by atoms with Crippen LogP contribution in [0.5, 0.6) is 0 Å². The van der Waals surface area contributed by atoms with Crippen LogP contribution in [0.4, 0.5) is 0 Å². The Morgan fingerprint density at radius 1 is 1.46 bits per heavy atom. The zero-order chi connectivity index (χ0) is 17.3. The smallest absolute Gasteiger partial charge is 0.306 e. The lowest BCUT2D eigenvalue weighted by Gasteiger charge is -2.39. The third kappa shape index (κ3) is 2.54. The molecule has 2 aromatic rings. The summed E-state index contributed by atoms with van der Waals surface area (Å²) in [6, 6.07) is 6.28. The number of fused-ring (bicyclic) bond motifs is 3. The summed E-state index contributed by atoms with van der Waals surface area (Å²) >= 11 is 0. The number of carbonyl (C=O) groups is 2. The molecule has 0 saturated heterocycles. The molecule has 2 unspecified atom stereocenters. The van der Waals surface area contributed by atoms with E-state index in [4.69, 9.17) is 4.74 Å². The van der Waals surface area contributed by atoms with Gasteiger partial charge in [0.25, 0.3) is 0 Å². The Morgan fingerprint density at radius 2 is 2.25 bits per heavy atom. The number of aldehydes is 1. The minimum Gasteiger partial charge on any atom is -0.469 e. The van der Waals surface area contributed by atoms with Gasteiger partial charge in [0.1, 0.15) is 6.29 Å². The summed E-state index contributed by atoms with van der Waals surface area (Å²) in [5.74, 6) is 0.0531. The molecule has 128 valence electrons. The van der Waals surface area contributed by atoms with Crippen LogP contribution in [0.15, 0.2) is 18.2 Å².